The second kappa shape index (κ2) is 4.25. The molecule has 1 saturated carbocycles. The van der Waals surface area contributed by atoms with Gasteiger partial charge in [-0.2, -0.15) is 0 Å². The van der Waals surface area contributed by atoms with Crippen molar-refractivity contribution < 1.29 is 14.3 Å². The summed E-state index contributed by atoms with van der Waals surface area (Å²) >= 11 is 0. The molecule has 1 fully saturated rings. The van der Waals surface area contributed by atoms with E-state index in [0.29, 0.717) is 19.0 Å². The SMILES string of the molecule is CCN(CC1CC1)C(=O)C(=O)OC. The molecule has 0 aromatic carbocycles. The Bertz CT molecular complexity index is 211. The molecule has 0 aromatic heterocycles. The van der Waals surface area contributed by atoms with Crippen molar-refractivity contribution >= 4 is 11.9 Å². The van der Waals surface area contributed by atoms with E-state index in [-0.39, 0.29) is 0 Å². The largest absolute Gasteiger partial charge is 0.462 e. The minimum Gasteiger partial charge on any atom is -0.462 e. The van der Waals surface area contributed by atoms with Crippen molar-refractivity contribution in [1.29, 1.82) is 0 Å². The number of rotatable bonds is 3. The molecular weight excluding hydrogens is 170 g/mol. The standard InChI is InChI=1S/C9H15NO3/c1-3-10(6-7-4-5-7)8(11)9(12)13-2/h7H,3-6H2,1-2H3. The van der Waals surface area contributed by atoms with Gasteiger partial charge in [-0.15, -0.1) is 0 Å². The molecule has 0 saturated heterocycles. The molecule has 4 nitrogen and oxygen atoms in total. The molecule has 0 heterocycles. The molecule has 0 aromatic rings. The van der Waals surface area contributed by atoms with Gasteiger partial charge in [0.2, 0.25) is 0 Å². The monoisotopic (exact) mass is 185 g/mol. The average molecular weight is 185 g/mol. The third-order valence-corrected chi connectivity index (χ3v) is 2.20. The highest BCUT2D eigenvalue weighted by molar-refractivity contribution is 6.32. The predicted molar refractivity (Wildman–Crippen MR) is 47.0 cm³/mol. The van der Waals surface area contributed by atoms with E-state index < -0.39 is 11.9 Å². The fourth-order valence-electron chi connectivity index (χ4n) is 1.18. The van der Waals surface area contributed by atoms with Crippen LogP contribution in [-0.2, 0) is 14.3 Å². The molecule has 0 bridgehead atoms. The second-order valence-electron chi connectivity index (χ2n) is 3.28. The van der Waals surface area contributed by atoms with Gasteiger partial charge in [0.25, 0.3) is 0 Å². The molecule has 1 amide bonds. The smallest absolute Gasteiger partial charge is 0.396 e. The molecule has 74 valence electrons. The van der Waals surface area contributed by atoms with Crippen molar-refractivity contribution in [3.8, 4) is 0 Å². The molecule has 0 spiro atoms. The molecule has 4 heteroatoms. The number of hydrogen-bond donors (Lipinski definition) is 0. The number of carbonyl (C=O) groups excluding carboxylic acids is 2. The number of esters is 1. The van der Waals surface area contributed by atoms with Crippen molar-refractivity contribution in [2.45, 2.75) is 19.8 Å². The average Bonchev–Trinajstić information content (AvgIpc) is 2.95. The van der Waals surface area contributed by atoms with Crippen LogP contribution in [0.2, 0.25) is 0 Å². The van der Waals surface area contributed by atoms with Crippen LogP contribution >= 0.6 is 0 Å². The number of amides is 1. The Morgan fingerprint density at radius 2 is 2.08 bits per heavy atom. The number of hydrogen-bond acceptors (Lipinski definition) is 3. The van der Waals surface area contributed by atoms with Gasteiger partial charge >= 0.3 is 11.9 Å². The maximum atomic E-state index is 11.3. The van der Waals surface area contributed by atoms with Crippen molar-refractivity contribution in [1.82, 2.24) is 4.90 Å². The molecule has 1 aliphatic carbocycles. The van der Waals surface area contributed by atoms with E-state index in [9.17, 15) is 9.59 Å². The normalized spacial score (nSPS) is 15.2. The highest BCUT2D eigenvalue weighted by Gasteiger charge is 2.28. The third kappa shape index (κ3) is 2.72. The molecule has 1 aliphatic rings. The van der Waals surface area contributed by atoms with E-state index >= 15 is 0 Å². The number of methoxy groups -OCH3 is 1. The molecule has 13 heavy (non-hydrogen) atoms. The third-order valence-electron chi connectivity index (χ3n) is 2.20. The number of carbonyl (C=O) groups is 2. The van der Waals surface area contributed by atoms with Gasteiger partial charge in [0.05, 0.1) is 7.11 Å². The highest BCUT2D eigenvalue weighted by Crippen LogP contribution is 2.29. The maximum absolute atomic E-state index is 11.3. The summed E-state index contributed by atoms with van der Waals surface area (Å²) < 4.78 is 4.37. The first kappa shape index (κ1) is 10.0. The van der Waals surface area contributed by atoms with E-state index in [1.165, 1.54) is 20.0 Å². The van der Waals surface area contributed by atoms with Gasteiger partial charge in [0.1, 0.15) is 0 Å². The number of likely N-dealkylation sites (N-methyl/N-ethyl adjacent to an activating group) is 1. The Hall–Kier alpha value is -1.06. The lowest BCUT2D eigenvalue weighted by Crippen LogP contribution is -2.38. The molecular formula is C9H15NO3. The molecule has 0 aliphatic heterocycles. The summed E-state index contributed by atoms with van der Waals surface area (Å²) in [6, 6.07) is 0. The molecule has 0 N–H and O–H groups in total. The number of nitrogens with zero attached hydrogens (tertiary/aromatic N) is 1. The van der Waals surface area contributed by atoms with Crippen LogP contribution in [0, 0.1) is 5.92 Å². The summed E-state index contributed by atoms with van der Waals surface area (Å²) in [7, 11) is 1.23. The zero-order valence-electron chi connectivity index (χ0n) is 8.08. The van der Waals surface area contributed by atoms with Crippen LogP contribution in [0.5, 0.6) is 0 Å². The van der Waals surface area contributed by atoms with Crippen LogP contribution in [0.1, 0.15) is 19.8 Å². The summed E-state index contributed by atoms with van der Waals surface area (Å²) in [5.41, 5.74) is 0. The summed E-state index contributed by atoms with van der Waals surface area (Å²) in [5, 5.41) is 0. The Kier molecular flexibility index (Phi) is 3.28. The van der Waals surface area contributed by atoms with Crippen molar-refractivity contribution in [3.63, 3.8) is 0 Å². The summed E-state index contributed by atoms with van der Waals surface area (Å²) in [6.07, 6.45) is 2.34. The Morgan fingerprint density at radius 1 is 1.46 bits per heavy atom. The maximum Gasteiger partial charge on any atom is 0.396 e. The quantitative estimate of drug-likeness (QED) is 0.473. The van der Waals surface area contributed by atoms with E-state index in [2.05, 4.69) is 4.74 Å². The van der Waals surface area contributed by atoms with Gasteiger partial charge in [-0.1, -0.05) is 0 Å². The Labute approximate surface area is 77.8 Å². The predicted octanol–water partition coefficient (Wildman–Crippen LogP) is 0.418. The fraction of sp³-hybridized carbons (Fsp3) is 0.778. The minimum atomic E-state index is -0.762. The lowest BCUT2D eigenvalue weighted by molar-refractivity contribution is -0.158. The van der Waals surface area contributed by atoms with Gasteiger partial charge in [-0.25, -0.2) is 4.79 Å². The van der Waals surface area contributed by atoms with Crippen LogP contribution in [0.4, 0.5) is 0 Å². The molecule has 0 unspecified atom stereocenters. The van der Waals surface area contributed by atoms with Crippen LogP contribution in [0.25, 0.3) is 0 Å². The zero-order chi connectivity index (χ0) is 9.84. The molecule has 1 rings (SSSR count). The summed E-state index contributed by atoms with van der Waals surface area (Å²) in [4.78, 5) is 23.8. The van der Waals surface area contributed by atoms with E-state index in [1.807, 2.05) is 6.92 Å². The van der Waals surface area contributed by atoms with Crippen LogP contribution < -0.4 is 0 Å². The number of ether oxygens (including phenoxy) is 1. The summed E-state index contributed by atoms with van der Waals surface area (Å²) in [5.74, 6) is -0.673. The van der Waals surface area contributed by atoms with Gasteiger partial charge in [-0.05, 0) is 25.7 Å². The lowest BCUT2D eigenvalue weighted by Gasteiger charge is -2.18. The van der Waals surface area contributed by atoms with Crippen molar-refractivity contribution in [2.75, 3.05) is 20.2 Å². The minimum absolute atomic E-state index is 0.517. The van der Waals surface area contributed by atoms with Gasteiger partial charge < -0.3 is 9.64 Å². The lowest BCUT2D eigenvalue weighted by atomic mass is 10.3. The van der Waals surface area contributed by atoms with Crippen LogP contribution in [-0.4, -0.2) is 37.0 Å². The van der Waals surface area contributed by atoms with Crippen LogP contribution in [0.15, 0.2) is 0 Å². The van der Waals surface area contributed by atoms with Gasteiger partial charge in [-0.3, -0.25) is 4.79 Å². The topological polar surface area (TPSA) is 46.6 Å². The van der Waals surface area contributed by atoms with Crippen LogP contribution in [0.3, 0.4) is 0 Å². The molecule has 0 radical (unpaired) electrons. The van der Waals surface area contributed by atoms with Crippen molar-refractivity contribution in [3.05, 3.63) is 0 Å². The Balaban J connectivity index is 2.43. The van der Waals surface area contributed by atoms with E-state index in [0.717, 1.165) is 0 Å². The van der Waals surface area contributed by atoms with Crippen molar-refractivity contribution in [2.24, 2.45) is 5.92 Å². The second-order valence-corrected chi connectivity index (χ2v) is 3.28. The Morgan fingerprint density at radius 3 is 2.46 bits per heavy atom. The first-order chi connectivity index (χ1) is 6.19. The molecule has 0 atom stereocenters. The highest BCUT2D eigenvalue weighted by atomic mass is 16.5. The van der Waals surface area contributed by atoms with E-state index in [4.69, 9.17) is 0 Å². The fourth-order valence-corrected chi connectivity index (χ4v) is 1.18. The van der Waals surface area contributed by atoms with Gasteiger partial charge in [0, 0.05) is 13.1 Å². The van der Waals surface area contributed by atoms with Gasteiger partial charge in [0.15, 0.2) is 0 Å². The zero-order valence-corrected chi connectivity index (χ0v) is 8.08. The van der Waals surface area contributed by atoms with E-state index in [1.54, 1.807) is 4.90 Å². The first-order valence-corrected chi connectivity index (χ1v) is 4.56. The summed E-state index contributed by atoms with van der Waals surface area (Å²) in [6.45, 7) is 3.14. The first-order valence-electron chi connectivity index (χ1n) is 4.56.